The number of benzene rings is 1. The van der Waals surface area contributed by atoms with Crippen LogP contribution in [0.3, 0.4) is 0 Å². The van der Waals surface area contributed by atoms with E-state index in [1.54, 1.807) is 36.8 Å². The molecule has 0 aliphatic rings. The Hall–Kier alpha value is -2.49. The molecular weight excluding hydrogens is 231 g/mol. The van der Waals surface area contributed by atoms with Crippen molar-refractivity contribution in [1.82, 2.24) is 9.97 Å². The summed E-state index contributed by atoms with van der Waals surface area (Å²) in [6.45, 7) is 0. The number of ether oxygens (including phenoxy) is 1. The van der Waals surface area contributed by atoms with Gasteiger partial charge in [-0.15, -0.1) is 0 Å². The quantitative estimate of drug-likeness (QED) is 0.687. The van der Waals surface area contributed by atoms with E-state index < -0.39 is 0 Å². The van der Waals surface area contributed by atoms with Crippen molar-refractivity contribution in [2.45, 2.75) is 0 Å². The predicted molar refractivity (Wildman–Crippen MR) is 66.0 cm³/mol. The van der Waals surface area contributed by atoms with Gasteiger partial charge in [-0.25, -0.2) is 4.39 Å². The first-order chi connectivity index (χ1) is 8.83. The maximum atomic E-state index is 12.8. The van der Waals surface area contributed by atoms with E-state index in [1.807, 2.05) is 6.07 Å². The average Bonchev–Trinajstić information content (AvgIpc) is 2.42. The van der Waals surface area contributed by atoms with Crippen LogP contribution in [-0.2, 0) is 0 Å². The number of aromatic nitrogens is 2. The summed E-state index contributed by atoms with van der Waals surface area (Å²) < 4.78 is 18.5. The highest BCUT2D eigenvalue weighted by Gasteiger charge is 2.04. The topological polar surface area (TPSA) is 35.0 Å². The Balaban J connectivity index is 2.02. The molecule has 2 aromatic heterocycles. The van der Waals surface area contributed by atoms with Crippen molar-refractivity contribution < 1.29 is 9.13 Å². The molecule has 0 amide bonds. The molecule has 0 saturated heterocycles. The highest BCUT2D eigenvalue weighted by Crippen LogP contribution is 2.27. The van der Waals surface area contributed by atoms with Gasteiger partial charge in [0.2, 0.25) is 0 Å². The fraction of sp³-hybridized carbons (Fsp3) is 0. The lowest BCUT2D eigenvalue weighted by Crippen LogP contribution is -1.88. The molecule has 0 spiro atoms. The smallest absolute Gasteiger partial charge is 0.139 e. The molecule has 0 aliphatic heterocycles. The van der Waals surface area contributed by atoms with Gasteiger partial charge >= 0.3 is 0 Å². The fourth-order valence-electron chi connectivity index (χ4n) is 1.68. The van der Waals surface area contributed by atoms with Crippen LogP contribution in [0, 0.1) is 5.82 Å². The average molecular weight is 240 g/mol. The SMILES string of the molecule is Fc1ccc(Oc2ccnc3ccncc23)cc1. The van der Waals surface area contributed by atoms with Gasteiger partial charge in [-0.3, -0.25) is 9.97 Å². The van der Waals surface area contributed by atoms with Gasteiger partial charge < -0.3 is 4.74 Å². The summed E-state index contributed by atoms with van der Waals surface area (Å²) in [6.07, 6.45) is 5.04. The molecule has 0 unspecified atom stereocenters. The first-order valence-corrected chi connectivity index (χ1v) is 5.45. The zero-order chi connectivity index (χ0) is 12.4. The summed E-state index contributed by atoms with van der Waals surface area (Å²) >= 11 is 0. The van der Waals surface area contributed by atoms with Gasteiger partial charge in [0.25, 0.3) is 0 Å². The molecule has 3 rings (SSSR count). The second-order valence-electron chi connectivity index (χ2n) is 3.76. The maximum absolute atomic E-state index is 12.8. The lowest BCUT2D eigenvalue weighted by molar-refractivity contribution is 0.485. The molecule has 0 atom stereocenters. The highest BCUT2D eigenvalue weighted by molar-refractivity contribution is 5.83. The Labute approximate surface area is 103 Å². The summed E-state index contributed by atoms with van der Waals surface area (Å²) in [7, 11) is 0. The van der Waals surface area contributed by atoms with E-state index in [2.05, 4.69) is 9.97 Å². The summed E-state index contributed by atoms with van der Waals surface area (Å²) in [4.78, 5) is 8.27. The minimum Gasteiger partial charge on any atom is -0.457 e. The van der Waals surface area contributed by atoms with E-state index in [1.165, 1.54) is 12.1 Å². The lowest BCUT2D eigenvalue weighted by Gasteiger charge is -2.07. The van der Waals surface area contributed by atoms with E-state index in [0.717, 1.165) is 10.9 Å². The van der Waals surface area contributed by atoms with Crippen molar-refractivity contribution in [2.75, 3.05) is 0 Å². The van der Waals surface area contributed by atoms with Gasteiger partial charge in [-0.1, -0.05) is 0 Å². The Bertz CT molecular complexity index is 677. The zero-order valence-electron chi connectivity index (χ0n) is 9.38. The van der Waals surface area contributed by atoms with Gasteiger partial charge in [-0.05, 0) is 36.4 Å². The second kappa shape index (κ2) is 4.41. The van der Waals surface area contributed by atoms with Crippen molar-refractivity contribution in [2.24, 2.45) is 0 Å². The van der Waals surface area contributed by atoms with Crippen LogP contribution in [0.4, 0.5) is 4.39 Å². The predicted octanol–water partition coefficient (Wildman–Crippen LogP) is 3.56. The number of hydrogen-bond donors (Lipinski definition) is 0. The van der Waals surface area contributed by atoms with Crippen LogP contribution in [-0.4, -0.2) is 9.97 Å². The first kappa shape index (κ1) is 10.7. The van der Waals surface area contributed by atoms with E-state index in [9.17, 15) is 4.39 Å². The lowest BCUT2D eigenvalue weighted by atomic mass is 10.2. The van der Waals surface area contributed by atoms with Crippen LogP contribution in [0.25, 0.3) is 10.9 Å². The summed E-state index contributed by atoms with van der Waals surface area (Å²) in [5, 5.41) is 0.823. The van der Waals surface area contributed by atoms with Crippen LogP contribution in [0.1, 0.15) is 0 Å². The summed E-state index contributed by atoms with van der Waals surface area (Å²) in [5.74, 6) is 0.941. The third kappa shape index (κ3) is 2.00. The Morgan fingerprint density at radius 3 is 2.61 bits per heavy atom. The number of pyridine rings is 2. The van der Waals surface area contributed by atoms with Crippen molar-refractivity contribution in [3.63, 3.8) is 0 Å². The van der Waals surface area contributed by atoms with Crippen LogP contribution < -0.4 is 4.74 Å². The van der Waals surface area contributed by atoms with Crippen LogP contribution in [0.15, 0.2) is 55.0 Å². The van der Waals surface area contributed by atoms with E-state index in [0.29, 0.717) is 11.5 Å². The minimum absolute atomic E-state index is 0.288. The second-order valence-corrected chi connectivity index (χ2v) is 3.76. The summed E-state index contributed by atoms with van der Waals surface area (Å²) in [6, 6.07) is 9.45. The molecule has 4 heteroatoms. The van der Waals surface area contributed by atoms with Gasteiger partial charge in [-0.2, -0.15) is 0 Å². The van der Waals surface area contributed by atoms with Crippen molar-refractivity contribution >= 4 is 10.9 Å². The molecule has 0 bridgehead atoms. The molecule has 0 N–H and O–H groups in total. The maximum Gasteiger partial charge on any atom is 0.139 e. The van der Waals surface area contributed by atoms with Crippen LogP contribution in [0.2, 0.25) is 0 Å². The van der Waals surface area contributed by atoms with E-state index in [-0.39, 0.29) is 5.82 Å². The summed E-state index contributed by atoms with van der Waals surface area (Å²) in [5.41, 5.74) is 0.810. The fourth-order valence-corrected chi connectivity index (χ4v) is 1.68. The molecule has 3 nitrogen and oxygen atoms in total. The Kier molecular flexibility index (Phi) is 2.61. The zero-order valence-corrected chi connectivity index (χ0v) is 9.38. The van der Waals surface area contributed by atoms with Gasteiger partial charge in [0.05, 0.1) is 10.9 Å². The van der Waals surface area contributed by atoms with Crippen LogP contribution in [0.5, 0.6) is 11.5 Å². The van der Waals surface area contributed by atoms with Crippen LogP contribution >= 0.6 is 0 Å². The molecule has 1 aromatic carbocycles. The molecule has 88 valence electrons. The number of fused-ring (bicyclic) bond motifs is 1. The number of halogens is 1. The number of nitrogens with zero attached hydrogens (tertiary/aromatic N) is 2. The van der Waals surface area contributed by atoms with Gasteiger partial charge in [0.15, 0.2) is 0 Å². The molecule has 0 fully saturated rings. The molecular formula is C14H9FN2O. The van der Waals surface area contributed by atoms with Gasteiger partial charge in [0, 0.05) is 18.6 Å². The molecule has 0 saturated carbocycles. The largest absolute Gasteiger partial charge is 0.457 e. The van der Waals surface area contributed by atoms with Crippen molar-refractivity contribution in [1.29, 1.82) is 0 Å². The van der Waals surface area contributed by atoms with Crippen molar-refractivity contribution in [3.8, 4) is 11.5 Å². The number of hydrogen-bond acceptors (Lipinski definition) is 3. The molecule has 0 aliphatic carbocycles. The standard InChI is InChI=1S/C14H9FN2O/c15-10-1-3-11(4-2-10)18-14-6-8-17-13-5-7-16-9-12(13)14/h1-9H. The van der Waals surface area contributed by atoms with E-state index >= 15 is 0 Å². The molecule has 2 heterocycles. The van der Waals surface area contributed by atoms with E-state index in [4.69, 9.17) is 4.74 Å². The normalized spacial score (nSPS) is 10.5. The third-order valence-corrected chi connectivity index (χ3v) is 2.54. The minimum atomic E-state index is -0.288. The molecule has 0 radical (unpaired) electrons. The third-order valence-electron chi connectivity index (χ3n) is 2.54. The Morgan fingerprint density at radius 1 is 0.944 bits per heavy atom. The van der Waals surface area contributed by atoms with Gasteiger partial charge in [0.1, 0.15) is 17.3 Å². The molecule has 18 heavy (non-hydrogen) atoms. The highest BCUT2D eigenvalue weighted by atomic mass is 19.1. The Morgan fingerprint density at radius 2 is 1.78 bits per heavy atom. The monoisotopic (exact) mass is 240 g/mol. The number of rotatable bonds is 2. The first-order valence-electron chi connectivity index (χ1n) is 5.45. The van der Waals surface area contributed by atoms with Crippen molar-refractivity contribution in [3.05, 3.63) is 60.8 Å². The molecule has 3 aromatic rings.